The summed E-state index contributed by atoms with van der Waals surface area (Å²) in [5.74, 6) is 0.335. The third-order valence-corrected chi connectivity index (χ3v) is 6.15. The summed E-state index contributed by atoms with van der Waals surface area (Å²) >= 11 is 0. The zero-order valence-corrected chi connectivity index (χ0v) is 18.4. The monoisotopic (exact) mass is 426 g/mol. The molecule has 0 radical (unpaired) electrons. The highest BCUT2D eigenvalue weighted by Gasteiger charge is 2.43. The Bertz CT molecular complexity index is 767. The number of nitrogens with zero attached hydrogens (tertiary/aromatic N) is 1. The maximum atomic E-state index is 12.8. The van der Waals surface area contributed by atoms with Gasteiger partial charge in [-0.25, -0.2) is 4.79 Å². The standard InChI is InChI=1S/C25H34N2O4/c1-2-30-23(28)25(19-21-9-5-3-6-10-21)13-16-27(17-14-25)18-15-26-24(29)31-20-22-11-7-4-8-12-22/h3-9,11-12,21H,2,10,13-20H2,1H3,(H,26,29). The molecule has 2 aliphatic rings. The van der Waals surface area contributed by atoms with E-state index in [0.29, 0.717) is 19.1 Å². The van der Waals surface area contributed by atoms with Crippen LogP contribution in [0.4, 0.5) is 4.79 Å². The van der Waals surface area contributed by atoms with E-state index in [0.717, 1.165) is 50.9 Å². The van der Waals surface area contributed by atoms with Crippen LogP contribution < -0.4 is 5.32 Å². The summed E-state index contributed by atoms with van der Waals surface area (Å²) in [6, 6.07) is 9.63. The van der Waals surface area contributed by atoms with E-state index in [-0.39, 0.29) is 12.6 Å². The summed E-state index contributed by atoms with van der Waals surface area (Å²) in [6.45, 7) is 5.47. The Morgan fingerprint density at radius 2 is 1.90 bits per heavy atom. The molecule has 6 heteroatoms. The average molecular weight is 427 g/mol. The van der Waals surface area contributed by atoms with Gasteiger partial charge in [-0.1, -0.05) is 54.6 Å². The number of carbonyl (C=O) groups is 2. The van der Waals surface area contributed by atoms with Crippen LogP contribution >= 0.6 is 0 Å². The number of rotatable bonds is 9. The maximum absolute atomic E-state index is 12.8. The van der Waals surface area contributed by atoms with E-state index in [4.69, 9.17) is 9.47 Å². The van der Waals surface area contributed by atoms with Gasteiger partial charge in [-0.3, -0.25) is 4.79 Å². The Labute approximate surface area is 185 Å². The third kappa shape index (κ3) is 6.96. The summed E-state index contributed by atoms with van der Waals surface area (Å²) < 4.78 is 10.7. The number of ether oxygens (including phenoxy) is 2. The smallest absolute Gasteiger partial charge is 0.407 e. The highest BCUT2D eigenvalue weighted by Crippen LogP contribution is 2.40. The molecule has 1 aromatic rings. The van der Waals surface area contributed by atoms with Crippen molar-refractivity contribution < 1.29 is 19.1 Å². The van der Waals surface area contributed by atoms with Crippen LogP contribution in [0.15, 0.2) is 54.6 Å². The molecule has 1 N–H and O–H groups in total. The molecule has 1 aromatic carbocycles. The molecule has 3 rings (SSSR count). The summed E-state index contributed by atoms with van der Waals surface area (Å²) in [5, 5.41) is 2.82. The van der Waals surface area contributed by atoms with Crippen LogP contribution in [0.3, 0.4) is 0 Å². The van der Waals surface area contributed by atoms with Gasteiger partial charge in [-0.2, -0.15) is 0 Å². The Kier molecular flexibility index (Phi) is 8.71. The molecule has 1 unspecified atom stereocenters. The fourth-order valence-electron chi connectivity index (χ4n) is 4.36. The third-order valence-electron chi connectivity index (χ3n) is 6.15. The van der Waals surface area contributed by atoms with Gasteiger partial charge in [0.2, 0.25) is 0 Å². The molecule has 1 saturated heterocycles. The first-order valence-corrected chi connectivity index (χ1v) is 11.3. The van der Waals surface area contributed by atoms with Crippen LogP contribution in [0.5, 0.6) is 0 Å². The maximum Gasteiger partial charge on any atom is 0.407 e. The lowest BCUT2D eigenvalue weighted by atomic mass is 9.71. The van der Waals surface area contributed by atoms with E-state index < -0.39 is 11.5 Å². The van der Waals surface area contributed by atoms with Gasteiger partial charge in [0.1, 0.15) is 6.61 Å². The minimum atomic E-state index is -0.408. The Morgan fingerprint density at radius 3 is 2.58 bits per heavy atom. The van der Waals surface area contributed by atoms with Crippen LogP contribution in [-0.4, -0.2) is 49.7 Å². The molecule has 1 aliphatic heterocycles. The number of likely N-dealkylation sites (tertiary alicyclic amines) is 1. The second-order valence-electron chi connectivity index (χ2n) is 8.34. The zero-order chi connectivity index (χ0) is 21.9. The first kappa shape index (κ1) is 23.1. The molecule has 6 nitrogen and oxygen atoms in total. The van der Waals surface area contributed by atoms with Crippen molar-refractivity contribution in [2.24, 2.45) is 11.3 Å². The summed E-state index contributed by atoms with van der Waals surface area (Å²) in [5.41, 5.74) is 0.557. The van der Waals surface area contributed by atoms with Crippen LogP contribution in [-0.2, 0) is 20.9 Å². The number of carbonyl (C=O) groups excluding carboxylic acids is 2. The second kappa shape index (κ2) is 11.7. The van der Waals surface area contributed by atoms with Crippen molar-refractivity contribution in [2.75, 3.05) is 32.8 Å². The number of benzene rings is 1. The summed E-state index contributed by atoms with van der Waals surface area (Å²) in [6.07, 6.45) is 11.5. The van der Waals surface area contributed by atoms with E-state index in [9.17, 15) is 9.59 Å². The number of hydrogen-bond acceptors (Lipinski definition) is 5. The summed E-state index contributed by atoms with van der Waals surface area (Å²) in [4.78, 5) is 27.1. The van der Waals surface area contributed by atoms with E-state index in [1.165, 1.54) is 0 Å². The minimum absolute atomic E-state index is 0.0554. The number of nitrogens with one attached hydrogen (secondary N) is 1. The molecule has 0 saturated carbocycles. The number of esters is 1. The van der Waals surface area contributed by atoms with Gasteiger partial charge in [-0.15, -0.1) is 0 Å². The minimum Gasteiger partial charge on any atom is -0.466 e. The molecular formula is C25H34N2O4. The van der Waals surface area contributed by atoms with Gasteiger partial charge < -0.3 is 19.7 Å². The van der Waals surface area contributed by atoms with Crippen LogP contribution in [0.1, 0.15) is 38.2 Å². The first-order chi connectivity index (χ1) is 15.1. The first-order valence-electron chi connectivity index (χ1n) is 11.3. The van der Waals surface area contributed by atoms with E-state index >= 15 is 0 Å². The fraction of sp³-hybridized carbons (Fsp3) is 0.520. The van der Waals surface area contributed by atoms with Crippen molar-refractivity contribution in [1.29, 1.82) is 0 Å². The molecular weight excluding hydrogens is 392 g/mol. The van der Waals surface area contributed by atoms with Crippen molar-refractivity contribution in [1.82, 2.24) is 10.2 Å². The topological polar surface area (TPSA) is 67.9 Å². The molecule has 0 bridgehead atoms. The Balaban J connectivity index is 1.41. The highest BCUT2D eigenvalue weighted by atomic mass is 16.5. The molecule has 0 aromatic heterocycles. The van der Waals surface area contributed by atoms with Gasteiger partial charge in [0.15, 0.2) is 0 Å². The zero-order valence-electron chi connectivity index (χ0n) is 18.4. The number of alkyl carbamates (subject to hydrolysis) is 1. The van der Waals surface area contributed by atoms with Crippen molar-refractivity contribution in [3.8, 4) is 0 Å². The average Bonchev–Trinajstić information content (AvgIpc) is 2.80. The van der Waals surface area contributed by atoms with Crippen molar-refractivity contribution in [3.05, 3.63) is 60.2 Å². The number of hydrogen-bond donors (Lipinski definition) is 1. The van der Waals surface area contributed by atoms with Crippen molar-refractivity contribution in [3.63, 3.8) is 0 Å². The van der Waals surface area contributed by atoms with Gasteiger partial charge in [0, 0.05) is 13.1 Å². The molecule has 31 heavy (non-hydrogen) atoms. The van der Waals surface area contributed by atoms with Gasteiger partial charge in [-0.05, 0) is 57.2 Å². The SMILES string of the molecule is CCOC(=O)C1(CC2C=CC=CC2)CCN(CCNC(=O)OCc2ccccc2)CC1. The second-order valence-corrected chi connectivity index (χ2v) is 8.34. The van der Waals surface area contributed by atoms with E-state index in [1.807, 2.05) is 37.3 Å². The molecule has 1 atom stereocenters. The molecule has 1 heterocycles. The largest absolute Gasteiger partial charge is 0.466 e. The van der Waals surface area contributed by atoms with E-state index in [2.05, 4.69) is 34.5 Å². The lowest BCUT2D eigenvalue weighted by Crippen LogP contribution is -2.47. The Morgan fingerprint density at radius 1 is 1.13 bits per heavy atom. The quantitative estimate of drug-likeness (QED) is 0.603. The lowest BCUT2D eigenvalue weighted by Gasteiger charge is -2.41. The van der Waals surface area contributed by atoms with Gasteiger partial charge in [0.05, 0.1) is 12.0 Å². The predicted molar refractivity (Wildman–Crippen MR) is 120 cm³/mol. The normalized spacial score (nSPS) is 20.2. The highest BCUT2D eigenvalue weighted by molar-refractivity contribution is 5.77. The molecule has 168 valence electrons. The molecule has 0 spiro atoms. The predicted octanol–water partition coefficient (Wildman–Crippen LogP) is 4.08. The Hall–Kier alpha value is -2.60. The van der Waals surface area contributed by atoms with Crippen molar-refractivity contribution >= 4 is 12.1 Å². The molecule has 1 fully saturated rings. The van der Waals surface area contributed by atoms with Crippen LogP contribution in [0, 0.1) is 11.3 Å². The van der Waals surface area contributed by atoms with Crippen LogP contribution in [0.25, 0.3) is 0 Å². The van der Waals surface area contributed by atoms with E-state index in [1.54, 1.807) is 0 Å². The molecule has 1 amide bonds. The molecule has 1 aliphatic carbocycles. The lowest BCUT2D eigenvalue weighted by molar-refractivity contribution is -0.159. The number of allylic oxidation sites excluding steroid dienone is 4. The van der Waals surface area contributed by atoms with Gasteiger partial charge >= 0.3 is 12.1 Å². The number of piperidine rings is 1. The van der Waals surface area contributed by atoms with Crippen LogP contribution in [0.2, 0.25) is 0 Å². The van der Waals surface area contributed by atoms with Gasteiger partial charge in [0.25, 0.3) is 0 Å². The fourth-order valence-corrected chi connectivity index (χ4v) is 4.36. The summed E-state index contributed by atoms with van der Waals surface area (Å²) in [7, 11) is 0. The van der Waals surface area contributed by atoms with Crippen molar-refractivity contribution in [2.45, 2.75) is 39.2 Å². The number of amides is 1.